The van der Waals surface area contributed by atoms with Gasteiger partial charge in [0.25, 0.3) is 0 Å². The molecule has 2 atom stereocenters. The normalized spacial score (nSPS) is 25.7. The van der Waals surface area contributed by atoms with Gasteiger partial charge in [-0.15, -0.1) is 11.8 Å². The molecule has 0 aromatic heterocycles. The fourth-order valence-corrected chi connectivity index (χ4v) is 4.32. The van der Waals surface area contributed by atoms with Crippen LogP contribution >= 0.6 is 11.8 Å². The molecule has 0 saturated heterocycles. The zero-order chi connectivity index (χ0) is 14.0. The molecule has 2 unspecified atom stereocenters. The Labute approximate surface area is 118 Å². The van der Waals surface area contributed by atoms with Crippen molar-refractivity contribution in [3.63, 3.8) is 0 Å². The van der Waals surface area contributed by atoms with Crippen LogP contribution < -0.4 is 5.32 Å². The van der Waals surface area contributed by atoms with E-state index >= 15 is 0 Å². The molecule has 19 heavy (non-hydrogen) atoms. The molecule has 0 amide bonds. The lowest BCUT2D eigenvalue weighted by atomic mass is 9.87. The van der Waals surface area contributed by atoms with Crippen LogP contribution in [-0.4, -0.2) is 17.8 Å². The van der Waals surface area contributed by atoms with Gasteiger partial charge < -0.3 is 5.32 Å². The lowest BCUT2D eigenvalue weighted by Crippen LogP contribution is -2.43. The molecular weight excluding hydrogens is 264 g/mol. The summed E-state index contributed by atoms with van der Waals surface area (Å²) in [4.78, 5) is 0.810. The lowest BCUT2D eigenvalue weighted by molar-refractivity contribution is 0.290. The zero-order valence-corrected chi connectivity index (χ0v) is 12.5. The number of benzene rings is 1. The number of halogens is 2. The average Bonchev–Trinajstić information content (AvgIpc) is 2.62. The first-order valence-electron chi connectivity index (χ1n) is 6.79. The summed E-state index contributed by atoms with van der Waals surface area (Å²) in [6.07, 6.45) is 2.26. The molecule has 1 aromatic rings. The van der Waals surface area contributed by atoms with Gasteiger partial charge in [-0.05, 0) is 43.0 Å². The van der Waals surface area contributed by atoms with Gasteiger partial charge in [0.2, 0.25) is 0 Å². The number of nitrogens with one attached hydrogen (secondary N) is 1. The molecule has 0 radical (unpaired) electrons. The van der Waals surface area contributed by atoms with Crippen molar-refractivity contribution in [3.8, 4) is 0 Å². The molecule has 1 aromatic carbocycles. The zero-order valence-electron chi connectivity index (χ0n) is 11.7. The van der Waals surface area contributed by atoms with Gasteiger partial charge in [-0.2, -0.15) is 0 Å². The third-order valence-corrected chi connectivity index (χ3v) is 5.23. The molecular formula is C15H21F2NS. The van der Waals surface area contributed by atoms with E-state index in [1.54, 1.807) is 17.8 Å². The highest BCUT2D eigenvalue weighted by molar-refractivity contribution is 8.00. The lowest BCUT2D eigenvalue weighted by Gasteiger charge is -2.31. The van der Waals surface area contributed by atoms with Crippen LogP contribution in [0.3, 0.4) is 0 Å². The Hall–Kier alpha value is -0.610. The molecule has 106 valence electrons. The molecule has 1 nitrogen and oxygen atoms in total. The van der Waals surface area contributed by atoms with Crippen molar-refractivity contribution in [1.82, 2.24) is 5.32 Å². The van der Waals surface area contributed by atoms with Crippen LogP contribution in [-0.2, 0) is 0 Å². The molecule has 0 heterocycles. The van der Waals surface area contributed by atoms with Crippen molar-refractivity contribution in [1.29, 1.82) is 0 Å². The van der Waals surface area contributed by atoms with Gasteiger partial charge >= 0.3 is 0 Å². The van der Waals surface area contributed by atoms with Crippen LogP contribution in [0.5, 0.6) is 0 Å². The highest BCUT2D eigenvalue weighted by Gasteiger charge is 2.41. The van der Waals surface area contributed by atoms with Gasteiger partial charge in [-0.1, -0.05) is 20.8 Å². The van der Waals surface area contributed by atoms with E-state index in [1.807, 2.05) is 0 Å². The number of hydrogen-bond donors (Lipinski definition) is 1. The van der Waals surface area contributed by atoms with E-state index < -0.39 is 11.6 Å². The molecule has 2 rings (SSSR count). The number of hydrogen-bond acceptors (Lipinski definition) is 2. The van der Waals surface area contributed by atoms with E-state index in [2.05, 4.69) is 26.1 Å². The van der Waals surface area contributed by atoms with Crippen LogP contribution in [0.1, 0.15) is 33.6 Å². The van der Waals surface area contributed by atoms with E-state index in [-0.39, 0.29) is 5.41 Å². The van der Waals surface area contributed by atoms with Crippen molar-refractivity contribution >= 4 is 11.8 Å². The van der Waals surface area contributed by atoms with Crippen LogP contribution in [0.2, 0.25) is 0 Å². The molecule has 1 saturated carbocycles. The van der Waals surface area contributed by atoms with Crippen molar-refractivity contribution in [2.45, 2.75) is 49.8 Å². The molecule has 1 aliphatic rings. The summed E-state index contributed by atoms with van der Waals surface area (Å²) in [6.45, 7) is 7.58. The second kappa shape index (κ2) is 5.80. The fourth-order valence-electron chi connectivity index (χ4n) is 2.82. The fraction of sp³-hybridized carbons (Fsp3) is 0.600. The number of thioether (sulfide) groups is 1. The third-order valence-electron chi connectivity index (χ3n) is 3.89. The maximum Gasteiger partial charge on any atom is 0.159 e. The predicted molar refractivity (Wildman–Crippen MR) is 76.5 cm³/mol. The highest BCUT2D eigenvalue weighted by atomic mass is 32.2. The second-order valence-corrected chi connectivity index (χ2v) is 7.11. The van der Waals surface area contributed by atoms with Crippen LogP contribution in [0.25, 0.3) is 0 Å². The summed E-state index contributed by atoms with van der Waals surface area (Å²) < 4.78 is 26.2. The molecule has 1 N–H and O–H groups in total. The first-order chi connectivity index (χ1) is 8.94. The summed E-state index contributed by atoms with van der Waals surface area (Å²) in [5.41, 5.74) is 0.256. The van der Waals surface area contributed by atoms with Gasteiger partial charge in [0.05, 0.1) is 0 Å². The standard InChI is InChI=1S/C15H21F2NS/c1-4-18-14-13(7-8-15(14,2)3)19-10-5-6-11(16)12(17)9-10/h5-6,9,13-14,18H,4,7-8H2,1-3H3. The third kappa shape index (κ3) is 3.29. The topological polar surface area (TPSA) is 12.0 Å². The quantitative estimate of drug-likeness (QED) is 0.888. The van der Waals surface area contributed by atoms with E-state index in [9.17, 15) is 8.78 Å². The van der Waals surface area contributed by atoms with E-state index in [1.165, 1.54) is 12.1 Å². The summed E-state index contributed by atoms with van der Waals surface area (Å²) in [5.74, 6) is -1.54. The summed E-state index contributed by atoms with van der Waals surface area (Å²) in [5, 5.41) is 3.96. The van der Waals surface area contributed by atoms with E-state index in [4.69, 9.17) is 0 Å². The Balaban J connectivity index is 2.11. The minimum atomic E-state index is -0.778. The Bertz CT molecular complexity index is 448. The van der Waals surface area contributed by atoms with Crippen molar-refractivity contribution in [3.05, 3.63) is 29.8 Å². The highest BCUT2D eigenvalue weighted by Crippen LogP contribution is 2.45. The van der Waals surface area contributed by atoms with Crippen molar-refractivity contribution in [2.75, 3.05) is 6.54 Å². The first kappa shape index (κ1) is 14.8. The second-order valence-electron chi connectivity index (χ2n) is 5.79. The summed E-state index contributed by atoms with van der Waals surface area (Å²) in [7, 11) is 0. The minimum Gasteiger partial charge on any atom is -0.313 e. The largest absolute Gasteiger partial charge is 0.313 e. The summed E-state index contributed by atoms with van der Waals surface area (Å²) >= 11 is 1.66. The van der Waals surface area contributed by atoms with Gasteiger partial charge in [0.1, 0.15) is 0 Å². The Morgan fingerprint density at radius 1 is 1.32 bits per heavy atom. The Morgan fingerprint density at radius 2 is 2.05 bits per heavy atom. The van der Waals surface area contributed by atoms with Crippen molar-refractivity contribution in [2.24, 2.45) is 5.41 Å². The van der Waals surface area contributed by atoms with Gasteiger partial charge in [-0.3, -0.25) is 0 Å². The first-order valence-corrected chi connectivity index (χ1v) is 7.67. The van der Waals surface area contributed by atoms with Gasteiger partial charge in [-0.25, -0.2) is 8.78 Å². The van der Waals surface area contributed by atoms with Gasteiger partial charge in [0.15, 0.2) is 11.6 Å². The molecule has 4 heteroatoms. The van der Waals surface area contributed by atoms with Crippen LogP contribution in [0, 0.1) is 17.0 Å². The summed E-state index contributed by atoms with van der Waals surface area (Å²) in [6, 6.07) is 4.58. The maximum absolute atomic E-state index is 13.2. The predicted octanol–water partition coefficient (Wildman–Crippen LogP) is 4.22. The van der Waals surface area contributed by atoms with Crippen molar-refractivity contribution < 1.29 is 8.78 Å². The average molecular weight is 285 g/mol. The van der Waals surface area contributed by atoms with E-state index in [0.717, 1.165) is 24.3 Å². The molecule has 0 spiro atoms. The molecule has 1 fully saturated rings. The molecule has 0 bridgehead atoms. The van der Waals surface area contributed by atoms with E-state index in [0.29, 0.717) is 11.3 Å². The smallest absolute Gasteiger partial charge is 0.159 e. The Morgan fingerprint density at radius 3 is 2.68 bits per heavy atom. The molecule has 1 aliphatic carbocycles. The SMILES string of the molecule is CCNC1C(Sc2ccc(F)c(F)c2)CCC1(C)C. The minimum absolute atomic E-state index is 0.256. The van der Waals surface area contributed by atoms with Crippen LogP contribution in [0.15, 0.2) is 23.1 Å². The van der Waals surface area contributed by atoms with Gasteiger partial charge in [0, 0.05) is 16.2 Å². The Kier molecular flexibility index (Phi) is 4.51. The number of rotatable bonds is 4. The van der Waals surface area contributed by atoms with Crippen LogP contribution in [0.4, 0.5) is 8.78 Å². The monoisotopic (exact) mass is 285 g/mol. The molecule has 0 aliphatic heterocycles. The maximum atomic E-state index is 13.2.